The average Bonchev–Trinajstić information content (AvgIpc) is 3.74. The zero-order valence-corrected chi connectivity index (χ0v) is 24.2. The third kappa shape index (κ3) is 5.02. The van der Waals surface area contributed by atoms with Gasteiger partial charge >= 0.3 is 5.97 Å². The Labute approximate surface area is 251 Å². The third-order valence-corrected chi connectivity index (χ3v) is 8.74. The number of rotatable bonds is 7. The lowest BCUT2D eigenvalue weighted by molar-refractivity contribution is -0.384. The van der Waals surface area contributed by atoms with E-state index in [0.29, 0.717) is 32.1 Å². The van der Waals surface area contributed by atoms with Crippen molar-refractivity contribution >= 4 is 57.7 Å². The fraction of sp³-hybridized carbons (Fsp3) is 0.100. The first kappa shape index (κ1) is 27.6. The molecular formula is C30H20ClN3O6S2. The standard InChI is InChI=1S/C30H20ClN3O6S2/c1-2-39-29(36)25-26(17-7-4-3-5-8-17)32-30-33(27(25)23-9-6-14-41-23)28(35)24(42-30)16-19-11-13-22(40-19)20-12-10-18(34(37)38)15-21(20)31/h3-16,27H,2H2,1H3/b24-16-/t27-/m1/s1. The number of aromatic nitrogens is 1. The molecule has 0 spiro atoms. The second-order valence-electron chi connectivity index (χ2n) is 9.07. The predicted molar refractivity (Wildman–Crippen MR) is 161 cm³/mol. The van der Waals surface area contributed by atoms with Crippen LogP contribution in [0.3, 0.4) is 0 Å². The third-order valence-electron chi connectivity index (χ3n) is 6.52. The highest BCUT2D eigenvalue weighted by Crippen LogP contribution is 2.37. The number of carbonyl (C=O) groups excluding carboxylic acids is 1. The number of carbonyl (C=O) groups is 1. The number of halogens is 1. The normalized spacial score (nSPS) is 14.9. The average molecular weight is 618 g/mol. The Kier molecular flexibility index (Phi) is 7.46. The Bertz CT molecular complexity index is 2040. The van der Waals surface area contributed by atoms with Gasteiger partial charge < -0.3 is 9.15 Å². The van der Waals surface area contributed by atoms with Crippen LogP contribution in [0.4, 0.5) is 5.69 Å². The zero-order chi connectivity index (χ0) is 29.4. The Hall–Kier alpha value is -4.58. The number of benzene rings is 2. The van der Waals surface area contributed by atoms with Crippen LogP contribution in [-0.2, 0) is 9.53 Å². The minimum atomic E-state index is -0.733. The molecule has 1 aliphatic rings. The molecule has 12 heteroatoms. The number of fused-ring (bicyclic) bond motifs is 1. The van der Waals surface area contributed by atoms with Crippen LogP contribution in [0.15, 0.2) is 98.0 Å². The molecule has 4 heterocycles. The first-order chi connectivity index (χ1) is 20.4. The van der Waals surface area contributed by atoms with Crippen molar-refractivity contribution in [3.05, 3.63) is 135 Å². The summed E-state index contributed by atoms with van der Waals surface area (Å²) in [5, 5.41) is 13.1. The maximum atomic E-state index is 13.9. The summed E-state index contributed by atoms with van der Waals surface area (Å²) in [5.74, 6) is 0.232. The summed E-state index contributed by atoms with van der Waals surface area (Å²) in [7, 11) is 0. The summed E-state index contributed by atoms with van der Waals surface area (Å²) in [6.07, 6.45) is 1.61. The second-order valence-corrected chi connectivity index (χ2v) is 11.5. The number of nitro benzene ring substituents is 1. The van der Waals surface area contributed by atoms with E-state index in [4.69, 9.17) is 25.7 Å². The van der Waals surface area contributed by atoms with E-state index in [1.165, 1.54) is 45.4 Å². The van der Waals surface area contributed by atoms with Gasteiger partial charge in [-0.2, -0.15) is 0 Å². The zero-order valence-electron chi connectivity index (χ0n) is 21.9. The van der Waals surface area contributed by atoms with E-state index in [-0.39, 0.29) is 28.4 Å². The quantitative estimate of drug-likeness (QED) is 0.129. The Morgan fingerprint density at radius 2 is 1.98 bits per heavy atom. The highest BCUT2D eigenvalue weighted by molar-refractivity contribution is 7.10. The minimum Gasteiger partial charge on any atom is -0.463 e. The van der Waals surface area contributed by atoms with E-state index in [1.54, 1.807) is 25.1 Å². The number of nitrogens with zero attached hydrogens (tertiary/aromatic N) is 3. The maximum Gasteiger partial charge on any atom is 0.338 e. The topological polar surface area (TPSA) is 117 Å². The molecule has 0 N–H and O–H groups in total. The fourth-order valence-electron chi connectivity index (χ4n) is 4.68. The van der Waals surface area contributed by atoms with Crippen LogP contribution in [0.2, 0.25) is 5.02 Å². The van der Waals surface area contributed by atoms with Crippen molar-refractivity contribution in [2.45, 2.75) is 13.0 Å². The van der Waals surface area contributed by atoms with E-state index in [2.05, 4.69) is 0 Å². The summed E-state index contributed by atoms with van der Waals surface area (Å²) in [6, 6.07) is 19.8. The number of ether oxygens (including phenoxy) is 1. The number of non-ortho nitro benzene ring substituents is 1. The van der Waals surface area contributed by atoms with Gasteiger partial charge in [0.25, 0.3) is 11.2 Å². The number of thiophene rings is 1. The molecule has 5 aromatic rings. The van der Waals surface area contributed by atoms with Crippen LogP contribution in [0, 0.1) is 10.1 Å². The smallest absolute Gasteiger partial charge is 0.338 e. The largest absolute Gasteiger partial charge is 0.463 e. The molecule has 0 radical (unpaired) electrons. The van der Waals surface area contributed by atoms with Gasteiger partial charge in [-0.25, -0.2) is 9.79 Å². The predicted octanol–water partition coefficient (Wildman–Crippen LogP) is 5.82. The van der Waals surface area contributed by atoms with Crippen LogP contribution < -0.4 is 14.9 Å². The lowest BCUT2D eigenvalue weighted by Crippen LogP contribution is -2.39. The van der Waals surface area contributed by atoms with Crippen molar-refractivity contribution in [3.8, 4) is 11.3 Å². The molecule has 0 saturated heterocycles. The van der Waals surface area contributed by atoms with Gasteiger partial charge in [0.15, 0.2) is 4.80 Å². The van der Waals surface area contributed by atoms with Gasteiger partial charge in [0, 0.05) is 34.2 Å². The van der Waals surface area contributed by atoms with Crippen LogP contribution in [0.25, 0.3) is 23.1 Å². The molecule has 0 aliphatic carbocycles. The van der Waals surface area contributed by atoms with Crippen molar-refractivity contribution in [3.63, 3.8) is 0 Å². The summed E-state index contributed by atoms with van der Waals surface area (Å²) >= 11 is 8.90. The molecule has 6 rings (SSSR count). The number of esters is 1. The van der Waals surface area contributed by atoms with Gasteiger partial charge in [-0.3, -0.25) is 19.5 Å². The van der Waals surface area contributed by atoms with Crippen molar-refractivity contribution in [2.75, 3.05) is 6.61 Å². The van der Waals surface area contributed by atoms with Crippen LogP contribution in [0.1, 0.15) is 29.2 Å². The molecule has 0 fully saturated rings. The number of thiazole rings is 1. The Balaban J connectivity index is 1.50. The van der Waals surface area contributed by atoms with Crippen LogP contribution >= 0.6 is 34.3 Å². The number of furan rings is 1. The maximum absolute atomic E-state index is 13.9. The molecule has 1 atom stereocenters. The molecule has 210 valence electrons. The van der Waals surface area contributed by atoms with Crippen molar-refractivity contribution in [2.24, 2.45) is 4.99 Å². The summed E-state index contributed by atoms with van der Waals surface area (Å²) < 4.78 is 13.3. The number of nitro groups is 1. The molecule has 2 aromatic carbocycles. The highest BCUT2D eigenvalue weighted by Gasteiger charge is 2.35. The highest BCUT2D eigenvalue weighted by atomic mass is 35.5. The van der Waals surface area contributed by atoms with Crippen molar-refractivity contribution < 1.29 is 18.9 Å². The monoisotopic (exact) mass is 617 g/mol. The molecule has 0 saturated carbocycles. The molecule has 3 aromatic heterocycles. The first-order valence-corrected chi connectivity index (χ1v) is 14.8. The van der Waals surface area contributed by atoms with Gasteiger partial charge in [-0.1, -0.05) is 59.3 Å². The van der Waals surface area contributed by atoms with E-state index in [0.717, 1.165) is 10.4 Å². The SMILES string of the molecule is CCOC(=O)C1=C(c2ccccc2)N=c2s/c(=C\c3ccc(-c4ccc([N+](=O)[O-])cc4Cl)o3)c(=O)n2[C@@H]1c1cccs1. The first-order valence-electron chi connectivity index (χ1n) is 12.7. The minimum absolute atomic E-state index is 0.131. The summed E-state index contributed by atoms with van der Waals surface area (Å²) in [6.45, 7) is 1.91. The number of hydrogen-bond donors (Lipinski definition) is 0. The molecule has 0 unspecified atom stereocenters. The van der Waals surface area contributed by atoms with Gasteiger partial charge in [0.05, 0.1) is 32.4 Å². The van der Waals surface area contributed by atoms with Crippen molar-refractivity contribution in [1.29, 1.82) is 0 Å². The molecule has 1 aliphatic heterocycles. The van der Waals surface area contributed by atoms with Crippen molar-refractivity contribution in [1.82, 2.24) is 4.57 Å². The molecule has 42 heavy (non-hydrogen) atoms. The Morgan fingerprint density at radius 3 is 2.67 bits per heavy atom. The summed E-state index contributed by atoms with van der Waals surface area (Å²) in [4.78, 5) is 43.9. The lowest BCUT2D eigenvalue weighted by Gasteiger charge is -2.24. The van der Waals surface area contributed by atoms with E-state index in [9.17, 15) is 19.7 Å². The molecular weight excluding hydrogens is 598 g/mol. The van der Waals surface area contributed by atoms with Crippen LogP contribution in [0.5, 0.6) is 0 Å². The van der Waals surface area contributed by atoms with Gasteiger partial charge in [-0.05, 0) is 36.6 Å². The van der Waals surface area contributed by atoms with E-state index >= 15 is 0 Å². The van der Waals surface area contributed by atoms with Gasteiger partial charge in [-0.15, -0.1) is 11.3 Å². The lowest BCUT2D eigenvalue weighted by atomic mass is 9.97. The second kappa shape index (κ2) is 11.4. The number of hydrogen-bond acceptors (Lipinski definition) is 9. The molecule has 0 bridgehead atoms. The van der Waals surface area contributed by atoms with E-state index < -0.39 is 16.9 Å². The molecule has 0 amide bonds. The Morgan fingerprint density at radius 1 is 1.17 bits per heavy atom. The van der Waals surface area contributed by atoms with E-state index in [1.807, 2.05) is 47.8 Å². The van der Waals surface area contributed by atoms with Gasteiger partial charge in [0.2, 0.25) is 0 Å². The summed E-state index contributed by atoms with van der Waals surface area (Å²) in [5.41, 5.74) is 1.49. The molecule has 9 nitrogen and oxygen atoms in total. The van der Waals surface area contributed by atoms with Gasteiger partial charge in [0.1, 0.15) is 17.6 Å². The fourth-order valence-corrected chi connectivity index (χ4v) is 6.75. The van der Waals surface area contributed by atoms with Crippen LogP contribution in [-0.4, -0.2) is 22.1 Å².